The maximum absolute atomic E-state index is 9.28. The van der Waals surface area contributed by atoms with E-state index < -0.39 is 0 Å². The smallest absolute Gasteiger partial charge is 0.140 e. The largest absolute Gasteiger partial charge is 0.395 e. The summed E-state index contributed by atoms with van der Waals surface area (Å²) < 4.78 is 0. The average Bonchev–Trinajstić information content (AvgIpc) is 2.24. The third-order valence-electron chi connectivity index (χ3n) is 3.72. The van der Waals surface area contributed by atoms with Gasteiger partial charge in [0, 0.05) is 18.3 Å². The number of nitrogens with one attached hydrogen (secondary N) is 1. The zero-order chi connectivity index (χ0) is 14.0. The van der Waals surface area contributed by atoms with E-state index >= 15 is 0 Å². The van der Waals surface area contributed by atoms with Gasteiger partial charge in [-0.25, -0.2) is 4.98 Å². The van der Waals surface area contributed by atoms with E-state index in [1.807, 2.05) is 19.9 Å². The van der Waals surface area contributed by atoms with Crippen LogP contribution in [0.2, 0.25) is 0 Å². The minimum atomic E-state index is 0.0438. The van der Waals surface area contributed by atoms with Gasteiger partial charge in [-0.15, -0.1) is 0 Å². The first kappa shape index (κ1) is 13.8. The predicted molar refractivity (Wildman–Crippen MR) is 76.8 cm³/mol. The molecule has 0 aliphatic heterocycles. The van der Waals surface area contributed by atoms with Crippen molar-refractivity contribution in [3.05, 3.63) is 22.9 Å². The Kier molecular flexibility index (Phi) is 4.04. The molecule has 0 aromatic carbocycles. The molecule has 5 heteroatoms. The standard InChI is InChI=1S/C14H22N4O/c1-9-8-10(2)17-14(12(9)13(15)16)18(6-7-19)11-4-3-5-11/h8,11,19H,3-7H2,1-2H3,(H3,15,16). The number of aryl methyl sites for hydroxylation is 2. The zero-order valence-corrected chi connectivity index (χ0v) is 11.6. The van der Waals surface area contributed by atoms with E-state index in [-0.39, 0.29) is 12.4 Å². The van der Waals surface area contributed by atoms with Crippen molar-refractivity contribution < 1.29 is 5.11 Å². The van der Waals surface area contributed by atoms with Gasteiger partial charge in [0.05, 0.1) is 12.2 Å². The number of hydrogen-bond donors (Lipinski definition) is 3. The van der Waals surface area contributed by atoms with Gasteiger partial charge >= 0.3 is 0 Å². The molecule has 1 aromatic heterocycles. The van der Waals surface area contributed by atoms with Crippen molar-refractivity contribution in [1.29, 1.82) is 5.41 Å². The summed E-state index contributed by atoms with van der Waals surface area (Å²) >= 11 is 0. The SMILES string of the molecule is Cc1cc(C)c(C(=N)N)c(N(CCO)C2CCC2)n1. The maximum Gasteiger partial charge on any atom is 0.140 e. The van der Waals surface area contributed by atoms with Crippen LogP contribution in [0.25, 0.3) is 0 Å². The molecule has 5 nitrogen and oxygen atoms in total. The molecular formula is C14H22N4O. The molecule has 19 heavy (non-hydrogen) atoms. The van der Waals surface area contributed by atoms with E-state index in [2.05, 4.69) is 9.88 Å². The molecule has 0 radical (unpaired) electrons. The van der Waals surface area contributed by atoms with E-state index in [1.54, 1.807) is 0 Å². The van der Waals surface area contributed by atoms with Crippen LogP contribution in [0.4, 0.5) is 5.82 Å². The lowest BCUT2D eigenvalue weighted by Gasteiger charge is -2.39. The minimum absolute atomic E-state index is 0.0438. The van der Waals surface area contributed by atoms with Crippen LogP contribution in [-0.2, 0) is 0 Å². The highest BCUT2D eigenvalue weighted by Gasteiger charge is 2.28. The van der Waals surface area contributed by atoms with Crippen molar-refractivity contribution in [3.8, 4) is 0 Å². The van der Waals surface area contributed by atoms with Crippen LogP contribution in [0.1, 0.15) is 36.1 Å². The molecule has 4 N–H and O–H groups in total. The summed E-state index contributed by atoms with van der Waals surface area (Å²) in [6, 6.07) is 2.36. The number of nitrogen functional groups attached to an aromatic ring is 1. The van der Waals surface area contributed by atoms with Crippen molar-refractivity contribution in [1.82, 2.24) is 4.98 Å². The Morgan fingerprint density at radius 1 is 1.53 bits per heavy atom. The topological polar surface area (TPSA) is 86.2 Å². The van der Waals surface area contributed by atoms with Crippen LogP contribution >= 0.6 is 0 Å². The first-order chi connectivity index (χ1) is 9.04. The molecule has 0 unspecified atom stereocenters. The number of hydrogen-bond acceptors (Lipinski definition) is 4. The summed E-state index contributed by atoms with van der Waals surface area (Å²) in [5.74, 6) is 0.797. The molecule has 0 amide bonds. The van der Waals surface area contributed by atoms with Crippen LogP contribution in [0, 0.1) is 19.3 Å². The normalized spacial score (nSPS) is 15.1. The number of pyridine rings is 1. The lowest BCUT2D eigenvalue weighted by atomic mass is 9.91. The van der Waals surface area contributed by atoms with E-state index in [0.717, 1.165) is 29.9 Å². The number of aliphatic hydroxyl groups is 1. The highest BCUT2D eigenvalue weighted by molar-refractivity contribution is 6.01. The Bertz CT molecular complexity index is 483. The monoisotopic (exact) mass is 262 g/mol. The van der Waals surface area contributed by atoms with Crippen LogP contribution in [0.15, 0.2) is 6.07 Å². The summed E-state index contributed by atoms with van der Waals surface area (Å²) in [5, 5.41) is 17.1. The highest BCUT2D eigenvalue weighted by Crippen LogP contribution is 2.31. The molecule has 0 bridgehead atoms. The van der Waals surface area contributed by atoms with Gasteiger partial charge < -0.3 is 15.7 Å². The van der Waals surface area contributed by atoms with Crippen LogP contribution in [-0.4, -0.2) is 35.1 Å². The summed E-state index contributed by atoms with van der Waals surface area (Å²) in [5.41, 5.74) is 8.30. The second kappa shape index (κ2) is 5.57. The molecule has 1 heterocycles. The molecule has 0 atom stereocenters. The molecule has 0 saturated heterocycles. The van der Waals surface area contributed by atoms with Crippen molar-refractivity contribution in [2.24, 2.45) is 5.73 Å². The maximum atomic E-state index is 9.28. The van der Waals surface area contributed by atoms with E-state index in [9.17, 15) is 5.11 Å². The second-order valence-electron chi connectivity index (χ2n) is 5.19. The number of amidine groups is 1. The molecule has 2 rings (SSSR count). The minimum Gasteiger partial charge on any atom is -0.395 e. The Balaban J connectivity index is 2.47. The molecule has 1 aliphatic rings. The van der Waals surface area contributed by atoms with Crippen molar-refractivity contribution in [3.63, 3.8) is 0 Å². The van der Waals surface area contributed by atoms with Gasteiger partial charge in [0.1, 0.15) is 11.7 Å². The van der Waals surface area contributed by atoms with Crippen molar-refractivity contribution >= 4 is 11.7 Å². The van der Waals surface area contributed by atoms with Gasteiger partial charge in [-0.1, -0.05) is 0 Å². The molecule has 104 valence electrons. The number of nitrogens with two attached hydrogens (primary N) is 1. The Morgan fingerprint density at radius 2 is 2.21 bits per heavy atom. The number of rotatable bonds is 5. The predicted octanol–water partition coefficient (Wildman–Crippen LogP) is 1.33. The number of aliphatic hydroxyl groups excluding tert-OH is 1. The quantitative estimate of drug-likeness (QED) is 0.552. The molecule has 1 aliphatic carbocycles. The summed E-state index contributed by atoms with van der Waals surface area (Å²) in [6.07, 6.45) is 3.45. The van der Waals surface area contributed by atoms with Gasteiger partial charge in [-0.3, -0.25) is 5.41 Å². The summed E-state index contributed by atoms with van der Waals surface area (Å²) in [4.78, 5) is 6.68. The van der Waals surface area contributed by atoms with Gasteiger partial charge in [0.15, 0.2) is 0 Å². The lowest BCUT2D eigenvalue weighted by molar-refractivity contribution is 0.283. The third-order valence-corrected chi connectivity index (χ3v) is 3.72. The number of nitrogens with zero attached hydrogens (tertiary/aromatic N) is 2. The first-order valence-corrected chi connectivity index (χ1v) is 6.74. The first-order valence-electron chi connectivity index (χ1n) is 6.74. The molecule has 1 fully saturated rings. The molecule has 1 aromatic rings. The lowest BCUT2D eigenvalue weighted by Crippen LogP contribution is -2.43. The molecule has 0 spiro atoms. The Labute approximate surface area is 114 Å². The molecular weight excluding hydrogens is 240 g/mol. The van der Waals surface area contributed by atoms with Gasteiger partial charge in [-0.2, -0.15) is 0 Å². The van der Waals surface area contributed by atoms with Crippen LogP contribution in [0.5, 0.6) is 0 Å². The second-order valence-corrected chi connectivity index (χ2v) is 5.19. The molecule has 1 saturated carbocycles. The van der Waals surface area contributed by atoms with E-state index in [4.69, 9.17) is 11.1 Å². The fraction of sp³-hybridized carbons (Fsp3) is 0.571. The van der Waals surface area contributed by atoms with Crippen LogP contribution < -0.4 is 10.6 Å². The Morgan fingerprint density at radius 3 is 2.68 bits per heavy atom. The fourth-order valence-electron chi connectivity index (χ4n) is 2.63. The van der Waals surface area contributed by atoms with Crippen molar-refractivity contribution in [2.75, 3.05) is 18.1 Å². The Hall–Kier alpha value is -1.62. The number of anilines is 1. The summed E-state index contributed by atoms with van der Waals surface area (Å²) in [7, 11) is 0. The number of aromatic nitrogens is 1. The highest BCUT2D eigenvalue weighted by atomic mass is 16.3. The van der Waals surface area contributed by atoms with Crippen molar-refractivity contribution in [2.45, 2.75) is 39.2 Å². The average molecular weight is 262 g/mol. The van der Waals surface area contributed by atoms with E-state index in [0.29, 0.717) is 18.2 Å². The third kappa shape index (κ3) is 2.71. The zero-order valence-electron chi connectivity index (χ0n) is 11.6. The van der Waals surface area contributed by atoms with Gasteiger partial charge in [0.25, 0.3) is 0 Å². The fourth-order valence-corrected chi connectivity index (χ4v) is 2.63. The summed E-state index contributed by atoms with van der Waals surface area (Å²) in [6.45, 7) is 4.52. The van der Waals surface area contributed by atoms with Crippen LogP contribution in [0.3, 0.4) is 0 Å². The van der Waals surface area contributed by atoms with Gasteiger partial charge in [-0.05, 0) is 44.7 Å². The van der Waals surface area contributed by atoms with E-state index in [1.165, 1.54) is 6.42 Å². The van der Waals surface area contributed by atoms with Gasteiger partial charge in [0.2, 0.25) is 0 Å².